The van der Waals surface area contributed by atoms with Gasteiger partial charge in [0.05, 0.1) is 0 Å². The highest BCUT2D eigenvalue weighted by molar-refractivity contribution is 6.05. The Hall–Kier alpha value is -2.25. The molecule has 3 N–H and O–H groups in total. The minimum Gasteiger partial charge on any atom is -0.324 e. The minimum absolute atomic E-state index is 0.0601. The molecule has 1 aromatic carbocycles. The van der Waals surface area contributed by atoms with Crippen LogP contribution < -0.4 is 11.1 Å². The minimum atomic E-state index is -0.566. The number of carbonyl (C=O) groups excluding carboxylic acids is 3. The van der Waals surface area contributed by atoms with Gasteiger partial charge in [0.1, 0.15) is 6.04 Å². The Morgan fingerprint density at radius 1 is 1.21 bits per heavy atom. The zero-order valence-corrected chi connectivity index (χ0v) is 15.9. The molecule has 7 nitrogen and oxygen atoms in total. The van der Waals surface area contributed by atoms with Gasteiger partial charge in [0.2, 0.25) is 11.8 Å². The summed E-state index contributed by atoms with van der Waals surface area (Å²) in [5, 5.41) is 2.36. The Labute approximate surface area is 164 Å². The summed E-state index contributed by atoms with van der Waals surface area (Å²) in [4.78, 5) is 40.7. The van der Waals surface area contributed by atoms with Crippen molar-refractivity contribution >= 4 is 17.7 Å². The molecule has 4 aliphatic rings. The molecule has 1 saturated carbocycles. The number of likely N-dealkylation sites (tertiary alicyclic amines) is 1. The molecule has 28 heavy (non-hydrogen) atoms. The average Bonchev–Trinajstić information content (AvgIpc) is 3.12. The van der Waals surface area contributed by atoms with Crippen LogP contribution in [0.1, 0.15) is 53.6 Å². The van der Waals surface area contributed by atoms with Gasteiger partial charge in [0, 0.05) is 43.7 Å². The molecule has 0 spiro atoms. The second-order valence-electron chi connectivity index (χ2n) is 8.98. The lowest BCUT2D eigenvalue weighted by molar-refractivity contribution is -0.136. The number of carbonyl (C=O) groups is 3. The zero-order chi connectivity index (χ0) is 19.5. The van der Waals surface area contributed by atoms with Gasteiger partial charge in [-0.1, -0.05) is 12.1 Å². The molecule has 3 aliphatic heterocycles. The van der Waals surface area contributed by atoms with E-state index in [9.17, 15) is 14.4 Å². The van der Waals surface area contributed by atoms with Crippen LogP contribution in [0.5, 0.6) is 0 Å². The summed E-state index contributed by atoms with van der Waals surface area (Å²) in [6.07, 6.45) is 4.10. The summed E-state index contributed by atoms with van der Waals surface area (Å²) < 4.78 is 0. The van der Waals surface area contributed by atoms with Crippen molar-refractivity contribution in [3.63, 3.8) is 0 Å². The van der Waals surface area contributed by atoms with Crippen molar-refractivity contribution in [3.8, 4) is 0 Å². The molecule has 1 aromatic rings. The molecule has 7 heteroatoms. The number of hydrogen-bond acceptors (Lipinski definition) is 5. The third kappa shape index (κ3) is 2.93. The SMILES string of the molecule is NC12CCC(CN(Cc3cccc4c3CN(C3CCC(=O)NC3=O)C4=O)C1)C2. The quantitative estimate of drug-likeness (QED) is 0.753. The van der Waals surface area contributed by atoms with Gasteiger partial charge in [-0.15, -0.1) is 0 Å². The lowest BCUT2D eigenvalue weighted by Gasteiger charge is -2.38. The summed E-state index contributed by atoms with van der Waals surface area (Å²) >= 11 is 0. The molecule has 0 aromatic heterocycles. The summed E-state index contributed by atoms with van der Waals surface area (Å²) in [6.45, 7) is 3.18. The van der Waals surface area contributed by atoms with Crippen molar-refractivity contribution in [2.24, 2.45) is 11.7 Å². The number of imide groups is 1. The Morgan fingerprint density at radius 3 is 2.86 bits per heavy atom. The first-order valence-corrected chi connectivity index (χ1v) is 10.2. The third-order valence-electron chi connectivity index (χ3n) is 6.87. The predicted molar refractivity (Wildman–Crippen MR) is 102 cm³/mol. The summed E-state index contributed by atoms with van der Waals surface area (Å²) in [5.41, 5.74) is 9.33. The number of nitrogens with two attached hydrogens (primary N) is 1. The van der Waals surface area contributed by atoms with E-state index in [1.807, 2.05) is 12.1 Å². The molecule has 3 heterocycles. The van der Waals surface area contributed by atoms with Crippen LogP contribution >= 0.6 is 0 Å². The van der Waals surface area contributed by atoms with Gasteiger partial charge in [-0.3, -0.25) is 24.6 Å². The number of nitrogens with one attached hydrogen (secondary N) is 1. The largest absolute Gasteiger partial charge is 0.324 e. The van der Waals surface area contributed by atoms with E-state index in [2.05, 4.69) is 16.3 Å². The highest BCUT2D eigenvalue weighted by Gasteiger charge is 2.43. The van der Waals surface area contributed by atoms with E-state index in [-0.39, 0.29) is 29.7 Å². The van der Waals surface area contributed by atoms with Crippen LogP contribution in [0.15, 0.2) is 18.2 Å². The molecule has 3 fully saturated rings. The number of piperidine rings is 2. The smallest absolute Gasteiger partial charge is 0.255 e. The van der Waals surface area contributed by atoms with Gasteiger partial charge >= 0.3 is 0 Å². The molecule has 2 bridgehead atoms. The predicted octanol–water partition coefficient (Wildman–Crippen LogP) is 0.761. The van der Waals surface area contributed by atoms with Crippen LogP contribution in [-0.4, -0.2) is 52.2 Å². The van der Waals surface area contributed by atoms with Crippen LogP contribution in [0.4, 0.5) is 0 Å². The van der Waals surface area contributed by atoms with Gasteiger partial charge in [-0.2, -0.15) is 0 Å². The first-order valence-electron chi connectivity index (χ1n) is 10.2. The van der Waals surface area contributed by atoms with Crippen LogP contribution in [0.25, 0.3) is 0 Å². The fraction of sp³-hybridized carbons (Fsp3) is 0.571. The second-order valence-corrected chi connectivity index (χ2v) is 8.98. The van der Waals surface area contributed by atoms with Crippen molar-refractivity contribution in [3.05, 3.63) is 34.9 Å². The van der Waals surface area contributed by atoms with Crippen molar-refractivity contribution in [2.75, 3.05) is 13.1 Å². The highest BCUT2D eigenvalue weighted by atomic mass is 16.2. The molecular weight excluding hydrogens is 356 g/mol. The fourth-order valence-electron chi connectivity index (χ4n) is 5.60. The van der Waals surface area contributed by atoms with E-state index in [1.165, 1.54) is 6.42 Å². The molecule has 148 valence electrons. The molecule has 0 radical (unpaired) electrons. The number of nitrogens with zero attached hydrogens (tertiary/aromatic N) is 2. The van der Waals surface area contributed by atoms with Gasteiger partial charge < -0.3 is 10.6 Å². The molecule has 3 unspecified atom stereocenters. The van der Waals surface area contributed by atoms with Crippen LogP contribution in [-0.2, 0) is 22.7 Å². The molecule has 1 aliphatic carbocycles. The van der Waals surface area contributed by atoms with Crippen molar-refractivity contribution in [1.82, 2.24) is 15.1 Å². The van der Waals surface area contributed by atoms with E-state index in [0.29, 0.717) is 24.4 Å². The lowest BCUT2D eigenvalue weighted by Crippen LogP contribution is -2.52. The first kappa shape index (κ1) is 17.8. The van der Waals surface area contributed by atoms with Gasteiger partial charge in [-0.25, -0.2) is 0 Å². The maximum atomic E-state index is 13.0. The number of hydrogen-bond donors (Lipinski definition) is 2. The summed E-state index contributed by atoms with van der Waals surface area (Å²) in [5.74, 6) is -0.0596. The van der Waals surface area contributed by atoms with Crippen LogP contribution in [0.2, 0.25) is 0 Å². The van der Waals surface area contributed by atoms with E-state index in [1.54, 1.807) is 4.90 Å². The number of fused-ring (bicyclic) bond motifs is 3. The number of amides is 3. The van der Waals surface area contributed by atoms with Crippen molar-refractivity contribution in [2.45, 2.75) is 56.8 Å². The molecular formula is C21H26N4O3. The maximum Gasteiger partial charge on any atom is 0.255 e. The summed E-state index contributed by atoms with van der Waals surface area (Å²) in [7, 11) is 0. The highest BCUT2D eigenvalue weighted by Crippen LogP contribution is 2.39. The van der Waals surface area contributed by atoms with E-state index in [4.69, 9.17) is 5.73 Å². The zero-order valence-electron chi connectivity index (χ0n) is 15.9. The van der Waals surface area contributed by atoms with Crippen molar-refractivity contribution in [1.29, 1.82) is 0 Å². The fourth-order valence-corrected chi connectivity index (χ4v) is 5.60. The monoisotopic (exact) mass is 382 g/mol. The Kier molecular flexibility index (Phi) is 4.07. The van der Waals surface area contributed by atoms with Crippen LogP contribution in [0.3, 0.4) is 0 Å². The van der Waals surface area contributed by atoms with E-state index >= 15 is 0 Å². The lowest BCUT2D eigenvalue weighted by atomic mass is 9.91. The Morgan fingerprint density at radius 2 is 2.07 bits per heavy atom. The standard InChI is InChI=1S/C21H26N4O3/c22-21-7-6-13(8-21)9-24(12-21)10-14-2-1-3-15-16(14)11-25(20(15)28)17-4-5-18(26)23-19(17)27/h1-3,13,17H,4-12,22H2,(H,23,26,27). The molecule has 5 rings (SSSR count). The Balaban J connectivity index is 1.36. The van der Waals surface area contributed by atoms with E-state index < -0.39 is 6.04 Å². The van der Waals surface area contributed by atoms with Gasteiger partial charge in [0.15, 0.2) is 0 Å². The van der Waals surface area contributed by atoms with Crippen LogP contribution in [0, 0.1) is 5.92 Å². The van der Waals surface area contributed by atoms with E-state index in [0.717, 1.165) is 43.6 Å². The Bertz CT molecular complexity index is 869. The summed E-state index contributed by atoms with van der Waals surface area (Å²) in [6, 6.07) is 5.29. The average molecular weight is 382 g/mol. The maximum absolute atomic E-state index is 13.0. The number of benzene rings is 1. The third-order valence-corrected chi connectivity index (χ3v) is 6.87. The van der Waals surface area contributed by atoms with Crippen molar-refractivity contribution < 1.29 is 14.4 Å². The normalized spacial score (nSPS) is 32.6. The molecule has 3 atom stereocenters. The molecule has 2 saturated heterocycles. The van der Waals surface area contributed by atoms with Gasteiger partial charge in [0.25, 0.3) is 5.91 Å². The van der Waals surface area contributed by atoms with Gasteiger partial charge in [-0.05, 0) is 48.8 Å². The molecule has 3 amide bonds. The second kappa shape index (κ2) is 6.39. The first-order chi connectivity index (χ1) is 13.4. The topological polar surface area (TPSA) is 95.7 Å². The number of rotatable bonds is 3.